The summed E-state index contributed by atoms with van der Waals surface area (Å²) in [5, 5.41) is 4.29. The van der Waals surface area contributed by atoms with Gasteiger partial charge in [-0.05, 0) is 83.4 Å². The molecule has 10 aromatic rings. The van der Waals surface area contributed by atoms with Crippen molar-refractivity contribution in [1.82, 2.24) is 24.9 Å². The average Bonchev–Trinajstić information content (AvgIpc) is 3.23. The summed E-state index contributed by atoms with van der Waals surface area (Å²) < 4.78 is 0. The zero-order chi connectivity index (χ0) is 34.4. The lowest BCUT2D eigenvalue weighted by Crippen LogP contribution is -1.94. The minimum Gasteiger partial charge on any atom is -0.256 e. The van der Waals surface area contributed by atoms with Crippen LogP contribution in [0.1, 0.15) is 0 Å². The third kappa shape index (κ3) is 5.07. The van der Waals surface area contributed by atoms with E-state index in [9.17, 15) is 0 Å². The van der Waals surface area contributed by atoms with Gasteiger partial charge in [-0.2, -0.15) is 0 Å². The molecule has 10 rings (SSSR count). The van der Waals surface area contributed by atoms with E-state index < -0.39 is 0 Å². The first-order valence-electron chi connectivity index (χ1n) is 17.3. The van der Waals surface area contributed by atoms with Crippen LogP contribution in [0.4, 0.5) is 0 Å². The largest absolute Gasteiger partial charge is 0.256 e. The van der Waals surface area contributed by atoms with Gasteiger partial charge in [0.2, 0.25) is 0 Å². The van der Waals surface area contributed by atoms with Crippen LogP contribution in [0.2, 0.25) is 0 Å². The lowest BCUT2D eigenvalue weighted by atomic mass is 9.92. The summed E-state index contributed by atoms with van der Waals surface area (Å²) in [6, 6.07) is 54.6. The summed E-state index contributed by atoms with van der Waals surface area (Å²) in [6.07, 6.45) is 5.52. The smallest absolute Gasteiger partial charge is 0.0978 e. The molecule has 0 unspecified atom stereocenters. The van der Waals surface area contributed by atoms with E-state index in [1.807, 2.05) is 67.1 Å². The standard InChI is InChI=1S/C47H29N5/c1-2-11-30(12-3-1)44-37-13-4-5-17-42(37)52-47-39(44)20-18-31-19-23-43(51-45(31)47)38-22-21-35(36-14-10-26-50-46(36)38)32-27-33(40-15-6-8-24-48-40)29-34(28-32)41-16-7-9-25-49-41/h1-29H. The Labute approximate surface area is 300 Å². The average molecular weight is 664 g/mol. The second kappa shape index (κ2) is 12.3. The maximum Gasteiger partial charge on any atom is 0.0978 e. The van der Waals surface area contributed by atoms with Gasteiger partial charge in [-0.15, -0.1) is 0 Å². The quantitative estimate of drug-likeness (QED) is 0.135. The highest BCUT2D eigenvalue weighted by molar-refractivity contribution is 6.16. The second-order valence-corrected chi connectivity index (χ2v) is 12.9. The normalized spacial score (nSPS) is 11.5. The predicted octanol–water partition coefficient (Wildman–Crippen LogP) is 11.6. The lowest BCUT2D eigenvalue weighted by molar-refractivity contribution is 1.31. The molecule has 0 aliphatic carbocycles. The van der Waals surface area contributed by atoms with Gasteiger partial charge < -0.3 is 0 Å². The van der Waals surface area contributed by atoms with Gasteiger partial charge in [-0.25, -0.2) is 9.97 Å². The van der Waals surface area contributed by atoms with Crippen molar-refractivity contribution in [2.24, 2.45) is 0 Å². The molecule has 52 heavy (non-hydrogen) atoms. The zero-order valence-corrected chi connectivity index (χ0v) is 28.0. The molecule has 0 bridgehead atoms. The summed E-state index contributed by atoms with van der Waals surface area (Å²) >= 11 is 0. The molecule has 5 aromatic heterocycles. The van der Waals surface area contributed by atoms with E-state index in [2.05, 4.69) is 119 Å². The van der Waals surface area contributed by atoms with Crippen LogP contribution in [-0.2, 0) is 0 Å². The summed E-state index contributed by atoms with van der Waals surface area (Å²) in [5.41, 5.74) is 13.7. The van der Waals surface area contributed by atoms with Crippen molar-refractivity contribution >= 4 is 43.6 Å². The molecule has 0 N–H and O–H groups in total. The van der Waals surface area contributed by atoms with Gasteiger partial charge in [0.05, 0.1) is 39.1 Å². The first-order valence-corrected chi connectivity index (χ1v) is 17.3. The van der Waals surface area contributed by atoms with Crippen molar-refractivity contribution in [2.45, 2.75) is 0 Å². The number of hydrogen-bond donors (Lipinski definition) is 0. The maximum atomic E-state index is 5.36. The fourth-order valence-electron chi connectivity index (χ4n) is 7.38. The van der Waals surface area contributed by atoms with Crippen LogP contribution in [0.5, 0.6) is 0 Å². The van der Waals surface area contributed by atoms with Gasteiger partial charge in [-0.1, -0.05) is 91.0 Å². The summed E-state index contributed by atoms with van der Waals surface area (Å²) in [5.74, 6) is 0. The molecule has 0 radical (unpaired) electrons. The van der Waals surface area contributed by atoms with Gasteiger partial charge in [0.1, 0.15) is 0 Å². The number of aromatic nitrogens is 5. The van der Waals surface area contributed by atoms with E-state index >= 15 is 0 Å². The molecule has 242 valence electrons. The van der Waals surface area contributed by atoms with Crippen molar-refractivity contribution in [2.75, 3.05) is 0 Å². The van der Waals surface area contributed by atoms with Crippen LogP contribution < -0.4 is 0 Å². The second-order valence-electron chi connectivity index (χ2n) is 12.9. The Bertz CT molecular complexity index is 2890. The van der Waals surface area contributed by atoms with Crippen LogP contribution in [0.15, 0.2) is 176 Å². The van der Waals surface area contributed by atoms with Crippen LogP contribution in [0.25, 0.3) is 99.6 Å². The zero-order valence-electron chi connectivity index (χ0n) is 28.0. The summed E-state index contributed by atoms with van der Waals surface area (Å²) in [7, 11) is 0. The van der Waals surface area contributed by atoms with Crippen molar-refractivity contribution in [3.05, 3.63) is 176 Å². The molecule has 5 aromatic carbocycles. The molecule has 0 aliphatic rings. The Balaban J connectivity index is 1.17. The van der Waals surface area contributed by atoms with E-state index in [1.54, 1.807) is 0 Å². The van der Waals surface area contributed by atoms with E-state index in [-0.39, 0.29) is 0 Å². The highest BCUT2D eigenvalue weighted by atomic mass is 14.8. The van der Waals surface area contributed by atoms with Gasteiger partial charge in [-0.3, -0.25) is 15.0 Å². The van der Waals surface area contributed by atoms with Crippen LogP contribution >= 0.6 is 0 Å². The van der Waals surface area contributed by atoms with Crippen molar-refractivity contribution < 1.29 is 0 Å². The van der Waals surface area contributed by atoms with Crippen LogP contribution in [0.3, 0.4) is 0 Å². The number of benzene rings is 5. The van der Waals surface area contributed by atoms with Crippen molar-refractivity contribution in [3.8, 4) is 56.0 Å². The molecule has 5 heteroatoms. The minimum absolute atomic E-state index is 0.850. The monoisotopic (exact) mass is 663 g/mol. The first-order chi connectivity index (χ1) is 25.8. The molecule has 0 aliphatic heterocycles. The Kier molecular flexibility index (Phi) is 7.07. The van der Waals surface area contributed by atoms with Gasteiger partial charge in [0, 0.05) is 62.4 Å². The fraction of sp³-hybridized carbons (Fsp3) is 0. The molecular formula is C47H29N5. The highest BCUT2D eigenvalue weighted by Crippen LogP contribution is 2.40. The molecule has 0 saturated heterocycles. The van der Waals surface area contributed by atoms with Crippen LogP contribution in [-0.4, -0.2) is 24.9 Å². The van der Waals surface area contributed by atoms with Gasteiger partial charge in [0.25, 0.3) is 0 Å². The molecule has 0 fully saturated rings. The van der Waals surface area contributed by atoms with E-state index in [0.29, 0.717) is 0 Å². The number of nitrogens with zero attached hydrogens (tertiary/aromatic N) is 5. The highest BCUT2D eigenvalue weighted by Gasteiger charge is 2.17. The molecule has 0 saturated carbocycles. The fourth-order valence-corrected chi connectivity index (χ4v) is 7.38. The Morgan fingerprint density at radius 2 is 0.981 bits per heavy atom. The van der Waals surface area contributed by atoms with Crippen molar-refractivity contribution in [3.63, 3.8) is 0 Å². The third-order valence-electron chi connectivity index (χ3n) is 9.78. The number of para-hydroxylation sites is 1. The topological polar surface area (TPSA) is 64.5 Å². The predicted molar refractivity (Wildman–Crippen MR) is 213 cm³/mol. The number of hydrogen-bond acceptors (Lipinski definition) is 5. The number of pyridine rings is 5. The van der Waals surface area contributed by atoms with Crippen molar-refractivity contribution in [1.29, 1.82) is 0 Å². The van der Waals surface area contributed by atoms with E-state index in [4.69, 9.17) is 15.0 Å². The molecule has 0 spiro atoms. The van der Waals surface area contributed by atoms with E-state index in [0.717, 1.165) is 94.1 Å². The molecular weight excluding hydrogens is 635 g/mol. The third-order valence-corrected chi connectivity index (χ3v) is 9.78. The van der Waals surface area contributed by atoms with E-state index in [1.165, 1.54) is 5.56 Å². The lowest BCUT2D eigenvalue weighted by Gasteiger charge is -2.15. The Hall–Kier alpha value is -7.11. The molecule has 5 nitrogen and oxygen atoms in total. The Morgan fingerprint density at radius 1 is 0.327 bits per heavy atom. The summed E-state index contributed by atoms with van der Waals surface area (Å²) in [4.78, 5) is 24.9. The van der Waals surface area contributed by atoms with Crippen LogP contribution in [0, 0.1) is 0 Å². The van der Waals surface area contributed by atoms with Gasteiger partial charge >= 0.3 is 0 Å². The SMILES string of the molecule is c1ccc(-c2c3ccccc3nc3c2ccc2ccc(-c4ccc(-c5cc(-c6ccccn6)cc(-c6ccccn6)c5)c5cccnc45)nc23)cc1. The number of rotatable bonds is 5. The summed E-state index contributed by atoms with van der Waals surface area (Å²) in [6.45, 7) is 0. The molecule has 0 atom stereocenters. The number of fused-ring (bicyclic) bond motifs is 5. The minimum atomic E-state index is 0.850. The Morgan fingerprint density at radius 3 is 1.75 bits per heavy atom. The maximum absolute atomic E-state index is 5.36. The molecule has 0 amide bonds. The first kappa shape index (κ1) is 29.8. The molecule has 5 heterocycles. The van der Waals surface area contributed by atoms with Gasteiger partial charge in [0.15, 0.2) is 0 Å².